The molecule has 0 bridgehead atoms. The molecule has 3 rings (SSSR count). The van der Waals surface area contributed by atoms with Gasteiger partial charge in [0.25, 0.3) is 0 Å². The van der Waals surface area contributed by atoms with Crippen LogP contribution in [-0.4, -0.2) is 24.1 Å². The van der Waals surface area contributed by atoms with Gasteiger partial charge < -0.3 is 4.90 Å². The van der Waals surface area contributed by atoms with Gasteiger partial charge in [0, 0.05) is 24.5 Å². The van der Waals surface area contributed by atoms with Crippen LogP contribution in [0.1, 0.15) is 30.4 Å². The van der Waals surface area contributed by atoms with Crippen molar-refractivity contribution in [1.29, 1.82) is 0 Å². The molecule has 1 saturated heterocycles. The smallest absolute Gasteiger partial charge is 0.305 e. The molecule has 0 N–H and O–H groups in total. The van der Waals surface area contributed by atoms with Gasteiger partial charge in [-0.25, -0.2) is 18.5 Å². The summed E-state index contributed by atoms with van der Waals surface area (Å²) in [6.45, 7) is 1.20. The molecule has 7 heteroatoms. The largest absolute Gasteiger partial charge is 0.452 e. The third-order valence-corrected chi connectivity index (χ3v) is 4.46. The van der Waals surface area contributed by atoms with Crippen molar-refractivity contribution in [2.45, 2.75) is 25.7 Å². The summed E-state index contributed by atoms with van der Waals surface area (Å²) in [5, 5.41) is 0.305. The van der Waals surface area contributed by atoms with E-state index in [9.17, 15) is 13.6 Å². The van der Waals surface area contributed by atoms with Crippen LogP contribution in [0, 0.1) is 11.6 Å². The Balaban J connectivity index is 1.66. The van der Waals surface area contributed by atoms with Gasteiger partial charge in [0.05, 0.1) is 0 Å². The Bertz CT molecular complexity index is 794. The maximum absolute atomic E-state index is 13.9. The number of carbonyl (C=O) groups excluding carboxylic acids is 1. The van der Waals surface area contributed by atoms with Crippen LogP contribution in [0.2, 0.25) is 5.02 Å². The highest BCUT2D eigenvalue weighted by atomic mass is 35.5. The molecule has 26 heavy (non-hydrogen) atoms. The Morgan fingerprint density at radius 3 is 2.54 bits per heavy atom. The van der Waals surface area contributed by atoms with Gasteiger partial charge in [-0.05, 0) is 54.7 Å². The lowest BCUT2D eigenvalue weighted by Gasteiger charge is -2.24. The highest BCUT2D eigenvalue weighted by Crippen LogP contribution is 2.23. The number of likely N-dealkylation sites (tertiary alicyclic amines) is 1. The van der Waals surface area contributed by atoms with E-state index in [0.29, 0.717) is 29.2 Å². The molecule has 138 valence electrons. The molecule has 0 unspecified atom stereocenters. The zero-order valence-corrected chi connectivity index (χ0v) is 14.8. The predicted octanol–water partition coefficient (Wildman–Crippen LogP) is 5.13. The summed E-state index contributed by atoms with van der Waals surface area (Å²) in [5.41, 5.74) is 1.02. The number of amides is 1. The number of piperidine rings is 1. The Hall–Kier alpha value is -2.34. The van der Waals surface area contributed by atoms with Gasteiger partial charge in [0.15, 0.2) is 5.82 Å². The lowest BCUT2D eigenvalue weighted by atomic mass is 10.0. The summed E-state index contributed by atoms with van der Waals surface area (Å²) >= 11 is 5.74. The molecule has 0 atom stereocenters. The van der Waals surface area contributed by atoms with Crippen LogP contribution < -0.4 is 4.89 Å². The van der Waals surface area contributed by atoms with E-state index in [-0.39, 0.29) is 12.2 Å². The summed E-state index contributed by atoms with van der Waals surface area (Å²) < 4.78 is 27.8. The first-order chi connectivity index (χ1) is 12.5. The summed E-state index contributed by atoms with van der Waals surface area (Å²) in [5.74, 6) is -1.33. The van der Waals surface area contributed by atoms with Gasteiger partial charge >= 0.3 is 6.09 Å². The molecule has 1 fully saturated rings. The monoisotopic (exact) mass is 381 g/mol. The second kappa shape index (κ2) is 8.36. The first-order valence-corrected chi connectivity index (χ1v) is 8.76. The Labute approximate surface area is 155 Å². The fourth-order valence-corrected chi connectivity index (χ4v) is 2.98. The maximum atomic E-state index is 13.9. The van der Waals surface area contributed by atoms with Crippen LogP contribution in [0.4, 0.5) is 13.6 Å². The van der Waals surface area contributed by atoms with E-state index in [4.69, 9.17) is 21.4 Å². The fraction of sp³-hybridized carbons (Fsp3) is 0.316. The van der Waals surface area contributed by atoms with Crippen molar-refractivity contribution >= 4 is 17.7 Å². The van der Waals surface area contributed by atoms with Crippen LogP contribution in [0.5, 0.6) is 5.75 Å². The van der Waals surface area contributed by atoms with E-state index in [0.717, 1.165) is 19.3 Å². The van der Waals surface area contributed by atoms with Gasteiger partial charge in [-0.3, -0.25) is 4.89 Å². The molecule has 1 aliphatic rings. The van der Waals surface area contributed by atoms with Gasteiger partial charge in [-0.2, -0.15) is 0 Å². The lowest BCUT2D eigenvalue weighted by molar-refractivity contribution is -0.157. The Morgan fingerprint density at radius 2 is 1.81 bits per heavy atom. The number of benzene rings is 2. The number of rotatable bonds is 4. The van der Waals surface area contributed by atoms with Crippen LogP contribution in [0.25, 0.3) is 0 Å². The summed E-state index contributed by atoms with van der Waals surface area (Å²) in [6, 6.07) is 8.46. The van der Waals surface area contributed by atoms with E-state index < -0.39 is 17.7 Å². The molecule has 2 aromatic rings. The van der Waals surface area contributed by atoms with Gasteiger partial charge in [-0.1, -0.05) is 23.7 Å². The topological polar surface area (TPSA) is 38.8 Å². The zero-order chi connectivity index (χ0) is 18.5. The number of nitrogens with zero attached hydrogens (tertiary/aromatic N) is 1. The third kappa shape index (κ3) is 4.64. The normalized spacial score (nSPS) is 14.2. The molecule has 0 radical (unpaired) electrons. The van der Waals surface area contributed by atoms with E-state index in [2.05, 4.69) is 0 Å². The Morgan fingerprint density at radius 1 is 1.04 bits per heavy atom. The SMILES string of the molecule is O=C(OOc1cc(Cc2ccc(Cl)cc2F)ccc1F)N1CCCCC1. The first kappa shape index (κ1) is 18.5. The molecular weight excluding hydrogens is 364 g/mol. The van der Waals surface area contributed by atoms with Gasteiger partial charge in [-0.15, -0.1) is 0 Å². The van der Waals surface area contributed by atoms with Crippen molar-refractivity contribution in [2.75, 3.05) is 13.1 Å². The molecule has 0 saturated carbocycles. The van der Waals surface area contributed by atoms with Crippen molar-refractivity contribution in [2.24, 2.45) is 0 Å². The molecule has 0 aliphatic carbocycles. The van der Waals surface area contributed by atoms with E-state index in [1.54, 1.807) is 12.1 Å². The average molecular weight is 382 g/mol. The van der Waals surface area contributed by atoms with E-state index >= 15 is 0 Å². The van der Waals surface area contributed by atoms with Crippen molar-refractivity contribution in [3.63, 3.8) is 0 Å². The minimum atomic E-state index is -0.670. The molecule has 0 spiro atoms. The minimum absolute atomic E-state index is 0.220. The third-order valence-electron chi connectivity index (χ3n) is 4.22. The number of halogens is 3. The molecule has 0 aromatic heterocycles. The molecule has 1 amide bonds. The summed E-state index contributed by atoms with van der Waals surface area (Å²) in [6.07, 6.45) is 2.47. The zero-order valence-electron chi connectivity index (χ0n) is 14.0. The van der Waals surface area contributed by atoms with Crippen molar-refractivity contribution < 1.29 is 23.4 Å². The van der Waals surface area contributed by atoms with Gasteiger partial charge in [0.1, 0.15) is 5.82 Å². The van der Waals surface area contributed by atoms with Gasteiger partial charge in [0.2, 0.25) is 5.75 Å². The predicted molar refractivity (Wildman–Crippen MR) is 93.1 cm³/mol. The van der Waals surface area contributed by atoms with E-state index in [1.807, 2.05) is 0 Å². The Kier molecular flexibility index (Phi) is 5.93. The highest BCUT2D eigenvalue weighted by molar-refractivity contribution is 6.30. The van der Waals surface area contributed by atoms with Crippen molar-refractivity contribution in [1.82, 2.24) is 4.90 Å². The second-order valence-electron chi connectivity index (χ2n) is 6.16. The van der Waals surface area contributed by atoms with Crippen LogP contribution in [-0.2, 0) is 11.3 Å². The van der Waals surface area contributed by atoms with Crippen molar-refractivity contribution in [3.05, 3.63) is 64.2 Å². The summed E-state index contributed by atoms with van der Waals surface area (Å²) in [4.78, 5) is 23.1. The highest BCUT2D eigenvalue weighted by Gasteiger charge is 2.20. The number of hydrogen-bond donors (Lipinski definition) is 0. The van der Waals surface area contributed by atoms with Crippen LogP contribution in [0.15, 0.2) is 36.4 Å². The average Bonchev–Trinajstić information content (AvgIpc) is 2.65. The lowest BCUT2D eigenvalue weighted by Crippen LogP contribution is -2.36. The van der Waals surface area contributed by atoms with Crippen molar-refractivity contribution in [3.8, 4) is 5.75 Å². The molecule has 1 heterocycles. The van der Waals surface area contributed by atoms with Crippen LogP contribution in [0.3, 0.4) is 0 Å². The number of carbonyl (C=O) groups is 1. The molecule has 2 aromatic carbocycles. The minimum Gasteiger partial charge on any atom is -0.305 e. The summed E-state index contributed by atoms with van der Waals surface area (Å²) in [7, 11) is 0. The van der Waals surface area contributed by atoms with Crippen LogP contribution >= 0.6 is 11.6 Å². The standard InChI is InChI=1S/C19H18ClF2NO3/c20-15-6-5-14(17(22)12-15)10-13-4-7-16(21)18(11-13)25-26-19(24)23-8-2-1-3-9-23/h4-7,11-12H,1-3,8-10H2. The quantitative estimate of drug-likeness (QED) is 0.544. The maximum Gasteiger partial charge on any atom is 0.452 e. The molecular formula is C19H18ClF2NO3. The molecule has 4 nitrogen and oxygen atoms in total. The first-order valence-electron chi connectivity index (χ1n) is 8.39. The van der Waals surface area contributed by atoms with E-state index in [1.165, 1.54) is 29.2 Å². The fourth-order valence-electron chi connectivity index (χ4n) is 2.82. The number of hydrogen-bond acceptors (Lipinski definition) is 3. The second-order valence-corrected chi connectivity index (χ2v) is 6.59. The molecule has 1 aliphatic heterocycles.